The van der Waals surface area contributed by atoms with Crippen LogP contribution in [0.3, 0.4) is 0 Å². The van der Waals surface area contributed by atoms with Crippen molar-refractivity contribution in [2.24, 2.45) is 5.92 Å². The highest BCUT2D eigenvalue weighted by Crippen LogP contribution is 2.30. The number of hydrogen-bond donors (Lipinski definition) is 2. The van der Waals surface area contributed by atoms with Crippen LogP contribution in [0.4, 0.5) is 19.0 Å². The minimum atomic E-state index is -4.47. The van der Waals surface area contributed by atoms with E-state index in [1.807, 2.05) is 30.3 Å². The topological polar surface area (TPSA) is 70.5 Å². The van der Waals surface area contributed by atoms with Gasteiger partial charge in [0.2, 0.25) is 0 Å². The van der Waals surface area contributed by atoms with Gasteiger partial charge in [0, 0.05) is 24.7 Å². The lowest BCUT2D eigenvalue weighted by Gasteiger charge is -2.33. The molecule has 0 saturated carbocycles. The highest BCUT2D eigenvalue weighted by Gasteiger charge is 2.32. The fraction of sp³-hybridized carbons (Fsp3) is 0.417. The molecule has 0 radical (unpaired) electrons. The number of ether oxygens (including phenoxy) is 1. The number of aliphatic hydroxyl groups excluding tert-OH is 1. The number of aromatic nitrogens is 2. The molecule has 2 N–H and O–H groups in total. The van der Waals surface area contributed by atoms with E-state index in [4.69, 9.17) is 4.74 Å². The lowest BCUT2D eigenvalue weighted by atomic mass is 9.96. The van der Waals surface area contributed by atoms with Crippen LogP contribution in [0, 0.1) is 5.92 Å². The number of para-hydroxylation sites is 1. The molecule has 1 aromatic carbocycles. The molecular weight excluding hydrogens is 433 g/mol. The number of nitrogens with zero attached hydrogens (tertiary/aromatic N) is 3. The van der Waals surface area contributed by atoms with Crippen molar-refractivity contribution in [2.75, 3.05) is 38.1 Å². The molecule has 3 aromatic rings. The second-order valence-corrected chi connectivity index (χ2v) is 8.32. The van der Waals surface area contributed by atoms with Crippen LogP contribution in [0.5, 0.6) is 5.75 Å². The monoisotopic (exact) mass is 460 g/mol. The number of fused-ring (bicyclic) bond motifs is 1. The number of β-amino-alcohol motifs (C(OH)–C–C–N with tert-alkyl or cyclic N) is 1. The van der Waals surface area contributed by atoms with Crippen molar-refractivity contribution in [2.45, 2.75) is 25.1 Å². The number of aliphatic hydroxyl groups is 1. The summed E-state index contributed by atoms with van der Waals surface area (Å²) in [7, 11) is 0. The normalized spacial score (nSPS) is 16.6. The molecule has 1 saturated heterocycles. The van der Waals surface area contributed by atoms with Crippen molar-refractivity contribution in [3.63, 3.8) is 0 Å². The van der Waals surface area contributed by atoms with Crippen LogP contribution in [0.25, 0.3) is 10.9 Å². The predicted molar refractivity (Wildman–Crippen MR) is 120 cm³/mol. The fourth-order valence-corrected chi connectivity index (χ4v) is 4.03. The van der Waals surface area contributed by atoms with Gasteiger partial charge in [-0.15, -0.1) is 0 Å². The summed E-state index contributed by atoms with van der Waals surface area (Å²) < 4.78 is 44.4. The second kappa shape index (κ2) is 10.4. The van der Waals surface area contributed by atoms with Crippen LogP contribution >= 0.6 is 0 Å². The van der Waals surface area contributed by atoms with E-state index >= 15 is 0 Å². The number of benzene rings is 1. The quantitative estimate of drug-likeness (QED) is 0.525. The maximum absolute atomic E-state index is 12.9. The Hall–Kier alpha value is -2.91. The number of hydrogen-bond acceptors (Lipinski definition) is 6. The number of nitrogens with one attached hydrogen (secondary N) is 1. The van der Waals surface area contributed by atoms with Crippen LogP contribution in [-0.2, 0) is 6.18 Å². The summed E-state index contributed by atoms with van der Waals surface area (Å²) in [5.41, 5.74) is -0.639. The lowest BCUT2D eigenvalue weighted by Crippen LogP contribution is -2.41. The molecule has 1 fully saturated rings. The first-order chi connectivity index (χ1) is 15.9. The Kier molecular flexibility index (Phi) is 7.29. The molecule has 6 nitrogen and oxygen atoms in total. The molecular formula is C24H27F3N4O2. The van der Waals surface area contributed by atoms with Gasteiger partial charge >= 0.3 is 6.18 Å². The van der Waals surface area contributed by atoms with E-state index in [2.05, 4.69) is 20.2 Å². The summed E-state index contributed by atoms with van der Waals surface area (Å²) in [5.74, 6) is 1.70. The minimum Gasteiger partial charge on any atom is -0.491 e. The zero-order valence-corrected chi connectivity index (χ0v) is 18.1. The first-order valence-electron chi connectivity index (χ1n) is 11.0. The number of anilines is 1. The molecule has 1 aliphatic rings. The Morgan fingerprint density at radius 2 is 1.85 bits per heavy atom. The largest absolute Gasteiger partial charge is 0.491 e. The van der Waals surface area contributed by atoms with Crippen molar-refractivity contribution in [1.82, 2.24) is 14.9 Å². The van der Waals surface area contributed by atoms with Gasteiger partial charge in [0.1, 0.15) is 30.0 Å². The lowest BCUT2D eigenvalue weighted by molar-refractivity contribution is -0.140. The molecule has 0 amide bonds. The van der Waals surface area contributed by atoms with Crippen molar-refractivity contribution in [1.29, 1.82) is 0 Å². The molecule has 0 spiro atoms. The van der Waals surface area contributed by atoms with Crippen molar-refractivity contribution in [3.05, 3.63) is 60.4 Å². The Morgan fingerprint density at radius 1 is 1.09 bits per heavy atom. The predicted octanol–water partition coefficient (Wildman–Crippen LogP) is 4.21. The van der Waals surface area contributed by atoms with Gasteiger partial charge in [-0.05, 0) is 62.2 Å². The zero-order valence-electron chi connectivity index (χ0n) is 18.1. The summed E-state index contributed by atoms with van der Waals surface area (Å²) in [6.45, 7) is 3.23. The molecule has 176 valence electrons. The molecule has 3 heterocycles. The Morgan fingerprint density at radius 3 is 2.58 bits per heavy atom. The number of pyridine rings is 2. The first kappa shape index (κ1) is 23.3. The van der Waals surface area contributed by atoms with Gasteiger partial charge in [0.15, 0.2) is 0 Å². The summed E-state index contributed by atoms with van der Waals surface area (Å²) in [6.07, 6.45) is -1.64. The molecule has 0 aliphatic carbocycles. The van der Waals surface area contributed by atoms with E-state index in [0.717, 1.165) is 37.7 Å². The van der Waals surface area contributed by atoms with E-state index in [-0.39, 0.29) is 12.1 Å². The smallest absolute Gasteiger partial charge is 0.433 e. The van der Waals surface area contributed by atoms with Crippen molar-refractivity contribution in [3.8, 4) is 5.75 Å². The van der Waals surface area contributed by atoms with Crippen LogP contribution in [0.1, 0.15) is 18.5 Å². The Balaban J connectivity index is 1.24. The molecule has 33 heavy (non-hydrogen) atoms. The fourth-order valence-electron chi connectivity index (χ4n) is 4.03. The van der Waals surface area contributed by atoms with Gasteiger partial charge in [-0.2, -0.15) is 13.2 Å². The number of rotatable bonds is 8. The third-order valence-corrected chi connectivity index (χ3v) is 5.83. The Labute approximate surface area is 190 Å². The van der Waals surface area contributed by atoms with Gasteiger partial charge in [-0.3, -0.25) is 0 Å². The summed E-state index contributed by atoms with van der Waals surface area (Å²) in [5, 5.41) is 14.2. The van der Waals surface area contributed by atoms with Crippen LogP contribution < -0.4 is 10.1 Å². The number of piperidine rings is 1. The molecule has 0 bridgehead atoms. The molecule has 2 aromatic heterocycles. The van der Waals surface area contributed by atoms with Crippen LogP contribution in [0.15, 0.2) is 54.7 Å². The van der Waals surface area contributed by atoms with Crippen LogP contribution in [-0.4, -0.2) is 58.9 Å². The average molecular weight is 461 g/mol. The van der Waals surface area contributed by atoms with Gasteiger partial charge < -0.3 is 20.1 Å². The number of halogens is 3. The maximum Gasteiger partial charge on any atom is 0.433 e. The Bertz CT molecular complexity index is 1040. The average Bonchev–Trinajstić information content (AvgIpc) is 2.82. The van der Waals surface area contributed by atoms with Gasteiger partial charge in [-0.25, -0.2) is 9.97 Å². The highest BCUT2D eigenvalue weighted by molar-refractivity contribution is 5.89. The van der Waals surface area contributed by atoms with Crippen LogP contribution in [0.2, 0.25) is 0 Å². The van der Waals surface area contributed by atoms with E-state index in [9.17, 15) is 18.3 Å². The van der Waals surface area contributed by atoms with E-state index in [0.29, 0.717) is 30.2 Å². The van der Waals surface area contributed by atoms with E-state index in [1.165, 1.54) is 18.3 Å². The molecule has 1 unspecified atom stereocenters. The summed E-state index contributed by atoms with van der Waals surface area (Å²) in [6, 6.07) is 13.3. The highest BCUT2D eigenvalue weighted by atomic mass is 19.4. The van der Waals surface area contributed by atoms with E-state index < -0.39 is 18.0 Å². The molecule has 1 aliphatic heterocycles. The number of likely N-dealkylation sites (tertiary alicyclic amines) is 1. The maximum atomic E-state index is 12.9. The van der Waals surface area contributed by atoms with E-state index in [1.54, 1.807) is 0 Å². The molecule has 4 rings (SSSR count). The number of alkyl halides is 3. The summed E-state index contributed by atoms with van der Waals surface area (Å²) in [4.78, 5) is 10.3. The summed E-state index contributed by atoms with van der Waals surface area (Å²) >= 11 is 0. The first-order valence-corrected chi connectivity index (χ1v) is 11.0. The van der Waals surface area contributed by atoms with Gasteiger partial charge in [-0.1, -0.05) is 18.2 Å². The minimum absolute atomic E-state index is 0.252. The second-order valence-electron chi connectivity index (χ2n) is 8.32. The molecule has 9 heteroatoms. The van der Waals surface area contributed by atoms with Crippen molar-refractivity contribution >= 4 is 16.7 Å². The van der Waals surface area contributed by atoms with Gasteiger partial charge in [0.25, 0.3) is 0 Å². The third kappa shape index (κ3) is 6.33. The van der Waals surface area contributed by atoms with Gasteiger partial charge in [0.05, 0.1) is 5.52 Å². The third-order valence-electron chi connectivity index (χ3n) is 5.83. The van der Waals surface area contributed by atoms with Crippen molar-refractivity contribution < 1.29 is 23.0 Å². The zero-order chi connectivity index (χ0) is 23.3. The SMILES string of the molecule is OC(COc1ccccc1)CN1CCC(CNc2nccc3nc(C(F)(F)F)ccc23)CC1. The standard InChI is InChI=1S/C24H27F3N4O2/c25-24(26,27)22-7-6-20-21(30-22)8-11-28-23(20)29-14-17-9-12-31(13-10-17)15-18(32)16-33-19-4-2-1-3-5-19/h1-8,11,17-18,32H,9-10,12-16H2,(H,28,29). The molecule has 1 atom stereocenters.